The van der Waals surface area contributed by atoms with E-state index in [0.717, 1.165) is 17.2 Å². The number of carbonyl (C=O) groups is 3. The minimum absolute atomic E-state index is 0.0395. The molecule has 1 saturated heterocycles. The average molecular weight is 627 g/mol. The van der Waals surface area contributed by atoms with Gasteiger partial charge in [-0.1, -0.05) is 24.3 Å². The highest BCUT2D eigenvalue weighted by Gasteiger charge is 2.37. The standard InChI is InChI=1S/C27H22IN3O7/c1-15-7-8-17(9-16(15)2)14-38-24-22(28)11-18(12-23(24)37-3)10-21-25(32)29-27(34)30(26(21)33)19-5-4-6-20(13-19)31(35)36/h4-13H,14H2,1-3H3,(H,29,32,34)/b21-10+. The van der Waals surface area contributed by atoms with Crippen molar-refractivity contribution in [2.45, 2.75) is 20.5 Å². The van der Waals surface area contributed by atoms with E-state index < -0.39 is 22.8 Å². The van der Waals surface area contributed by atoms with Crippen LogP contribution in [0.5, 0.6) is 11.5 Å². The molecule has 0 saturated carbocycles. The van der Waals surface area contributed by atoms with Crippen LogP contribution in [0.15, 0.2) is 60.2 Å². The topological polar surface area (TPSA) is 128 Å². The van der Waals surface area contributed by atoms with E-state index in [2.05, 4.69) is 34.0 Å². The number of aryl methyl sites for hydroxylation is 2. The van der Waals surface area contributed by atoms with Crippen molar-refractivity contribution in [1.82, 2.24) is 5.32 Å². The zero-order chi connectivity index (χ0) is 27.6. The number of nitro groups is 1. The molecule has 1 N–H and O–H groups in total. The van der Waals surface area contributed by atoms with Crippen molar-refractivity contribution in [2.75, 3.05) is 12.0 Å². The molecule has 0 aromatic heterocycles. The van der Waals surface area contributed by atoms with Crippen molar-refractivity contribution in [3.63, 3.8) is 0 Å². The molecule has 1 aliphatic heterocycles. The number of anilines is 1. The summed E-state index contributed by atoms with van der Waals surface area (Å²) in [7, 11) is 1.48. The number of nitro benzene ring substituents is 1. The third kappa shape index (κ3) is 5.52. The number of carbonyl (C=O) groups excluding carboxylic acids is 3. The van der Waals surface area contributed by atoms with Gasteiger partial charge in [0.25, 0.3) is 17.5 Å². The number of rotatable bonds is 7. The molecule has 0 spiro atoms. The minimum atomic E-state index is -1.00. The number of nitrogens with one attached hydrogen (secondary N) is 1. The van der Waals surface area contributed by atoms with Crippen molar-refractivity contribution in [3.05, 3.63) is 96.1 Å². The second kappa shape index (κ2) is 11.0. The van der Waals surface area contributed by atoms with Crippen molar-refractivity contribution < 1.29 is 28.8 Å². The molecule has 1 heterocycles. The summed E-state index contributed by atoms with van der Waals surface area (Å²) in [5.41, 5.74) is 3.12. The molecule has 11 heteroatoms. The summed E-state index contributed by atoms with van der Waals surface area (Å²) in [5.74, 6) is -0.904. The highest BCUT2D eigenvalue weighted by Crippen LogP contribution is 2.36. The maximum Gasteiger partial charge on any atom is 0.335 e. The van der Waals surface area contributed by atoms with E-state index in [1.807, 2.05) is 26.0 Å². The lowest BCUT2D eigenvalue weighted by Gasteiger charge is -2.26. The van der Waals surface area contributed by atoms with Crippen LogP contribution in [-0.4, -0.2) is 29.9 Å². The summed E-state index contributed by atoms with van der Waals surface area (Å²) in [4.78, 5) is 49.4. The lowest BCUT2D eigenvalue weighted by atomic mass is 10.1. The van der Waals surface area contributed by atoms with Gasteiger partial charge in [-0.2, -0.15) is 0 Å². The fraction of sp³-hybridized carbons (Fsp3) is 0.148. The van der Waals surface area contributed by atoms with E-state index in [1.165, 1.54) is 36.9 Å². The van der Waals surface area contributed by atoms with Gasteiger partial charge in [0.1, 0.15) is 12.2 Å². The van der Waals surface area contributed by atoms with Gasteiger partial charge in [0.15, 0.2) is 11.5 Å². The van der Waals surface area contributed by atoms with Crippen molar-refractivity contribution in [2.24, 2.45) is 0 Å². The van der Waals surface area contributed by atoms with Gasteiger partial charge in [-0.05, 0) is 83.0 Å². The maximum absolute atomic E-state index is 13.2. The van der Waals surface area contributed by atoms with Crippen LogP contribution in [0.2, 0.25) is 0 Å². The highest BCUT2D eigenvalue weighted by molar-refractivity contribution is 14.1. The van der Waals surface area contributed by atoms with Gasteiger partial charge in [0.05, 0.1) is 21.3 Å². The molecular weight excluding hydrogens is 605 g/mol. The van der Waals surface area contributed by atoms with Crippen molar-refractivity contribution in [1.29, 1.82) is 0 Å². The Morgan fingerprint density at radius 3 is 2.50 bits per heavy atom. The summed E-state index contributed by atoms with van der Waals surface area (Å²) < 4.78 is 12.2. The van der Waals surface area contributed by atoms with Crippen LogP contribution in [0.3, 0.4) is 0 Å². The molecule has 1 aliphatic rings. The molecule has 0 bridgehead atoms. The van der Waals surface area contributed by atoms with Crippen LogP contribution in [0.25, 0.3) is 6.08 Å². The minimum Gasteiger partial charge on any atom is -0.493 e. The highest BCUT2D eigenvalue weighted by atomic mass is 127. The van der Waals surface area contributed by atoms with Crippen LogP contribution in [-0.2, 0) is 16.2 Å². The second-order valence-electron chi connectivity index (χ2n) is 8.48. The Morgan fingerprint density at radius 2 is 1.82 bits per heavy atom. The normalized spacial score (nSPS) is 14.5. The van der Waals surface area contributed by atoms with Crippen molar-refractivity contribution in [3.8, 4) is 11.5 Å². The molecule has 3 aromatic carbocycles. The molecule has 0 radical (unpaired) electrons. The fourth-order valence-electron chi connectivity index (χ4n) is 3.82. The molecule has 0 aliphatic carbocycles. The maximum atomic E-state index is 13.2. The van der Waals surface area contributed by atoms with Crippen LogP contribution in [0.4, 0.5) is 16.2 Å². The van der Waals surface area contributed by atoms with Gasteiger partial charge in [-0.3, -0.25) is 25.0 Å². The van der Waals surface area contributed by atoms with Gasteiger partial charge < -0.3 is 9.47 Å². The number of imide groups is 2. The monoisotopic (exact) mass is 627 g/mol. The summed E-state index contributed by atoms with van der Waals surface area (Å²) >= 11 is 2.07. The largest absolute Gasteiger partial charge is 0.493 e. The Hall–Kier alpha value is -4.26. The predicted octanol–water partition coefficient (Wildman–Crippen LogP) is 5.07. The first-order valence-corrected chi connectivity index (χ1v) is 12.4. The number of nitrogens with zero attached hydrogens (tertiary/aromatic N) is 2. The van der Waals surface area contributed by atoms with Crippen LogP contribution in [0.1, 0.15) is 22.3 Å². The number of amides is 4. The van der Waals surface area contributed by atoms with E-state index in [-0.39, 0.29) is 16.9 Å². The summed E-state index contributed by atoms with van der Waals surface area (Å²) in [6.45, 7) is 4.38. The molecule has 38 heavy (non-hydrogen) atoms. The molecule has 1 fully saturated rings. The van der Waals surface area contributed by atoms with Gasteiger partial charge in [-0.25, -0.2) is 9.69 Å². The summed E-state index contributed by atoms with van der Waals surface area (Å²) in [6.07, 6.45) is 1.33. The molecular formula is C27H22IN3O7. The molecule has 4 rings (SSSR count). The first-order chi connectivity index (χ1) is 18.1. The molecule has 10 nitrogen and oxygen atoms in total. The predicted molar refractivity (Wildman–Crippen MR) is 148 cm³/mol. The van der Waals surface area contributed by atoms with Gasteiger partial charge in [-0.15, -0.1) is 0 Å². The lowest BCUT2D eigenvalue weighted by molar-refractivity contribution is -0.384. The Bertz CT molecular complexity index is 1520. The summed E-state index contributed by atoms with van der Waals surface area (Å²) in [5, 5.41) is 13.3. The SMILES string of the molecule is COc1cc(/C=C2\C(=O)NC(=O)N(c3cccc([N+](=O)[O-])c3)C2=O)cc(I)c1OCc1ccc(C)c(C)c1. The quantitative estimate of drug-likeness (QED) is 0.127. The second-order valence-corrected chi connectivity index (χ2v) is 9.64. The first kappa shape index (κ1) is 26.8. The van der Waals surface area contributed by atoms with E-state index in [9.17, 15) is 24.5 Å². The molecule has 3 aromatic rings. The molecule has 0 atom stereocenters. The summed E-state index contributed by atoms with van der Waals surface area (Å²) in [6, 6.07) is 13.4. The number of halogens is 1. The first-order valence-electron chi connectivity index (χ1n) is 11.3. The van der Waals surface area contributed by atoms with Crippen molar-refractivity contribution >= 4 is 57.9 Å². The lowest BCUT2D eigenvalue weighted by Crippen LogP contribution is -2.54. The fourth-order valence-corrected chi connectivity index (χ4v) is 4.60. The Kier molecular flexibility index (Phi) is 7.76. The van der Waals surface area contributed by atoms with Gasteiger partial charge in [0.2, 0.25) is 0 Å². The number of urea groups is 1. The number of barbiturate groups is 1. The molecule has 4 amide bonds. The average Bonchev–Trinajstić information content (AvgIpc) is 2.87. The number of methoxy groups -OCH3 is 1. The third-order valence-corrected chi connectivity index (χ3v) is 6.72. The zero-order valence-electron chi connectivity index (χ0n) is 20.6. The van der Waals surface area contributed by atoms with Crippen LogP contribution < -0.4 is 19.7 Å². The zero-order valence-corrected chi connectivity index (χ0v) is 22.8. The Labute approximate surface area is 231 Å². The van der Waals surface area contributed by atoms with E-state index in [4.69, 9.17) is 9.47 Å². The Morgan fingerprint density at radius 1 is 1.05 bits per heavy atom. The number of hydrogen-bond acceptors (Lipinski definition) is 7. The van der Waals surface area contributed by atoms with Gasteiger partial charge >= 0.3 is 6.03 Å². The number of ether oxygens (including phenoxy) is 2. The molecule has 194 valence electrons. The van der Waals surface area contributed by atoms with Crippen LogP contribution in [0, 0.1) is 27.5 Å². The molecule has 0 unspecified atom stereocenters. The van der Waals surface area contributed by atoms with Gasteiger partial charge in [0, 0.05) is 12.1 Å². The van der Waals surface area contributed by atoms with E-state index >= 15 is 0 Å². The third-order valence-electron chi connectivity index (χ3n) is 5.92. The number of hydrogen-bond donors (Lipinski definition) is 1. The van der Waals surface area contributed by atoms with Crippen LogP contribution >= 0.6 is 22.6 Å². The smallest absolute Gasteiger partial charge is 0.335 e. The Balaban J connectivity index is 1.64. The number of non-ortho nitro benzene ring substituents is 1. The van der Waals surface area contributed by atoms with E-state index in [1.54, 1.807) is 12.1 Å². The number of benzene rings is 3. The van der Waals surface area contributed by atoms with E-state index in [0.29, 0.717) is 32.1 Å².